The molecule has 0 aliphatic rings. The number of fused-ring (bicyclic) bond motifs is 2. The summed E-state index contributed by atoms with van der Waals surface area (Å²) < 4.78 is 13.9. The van der Waals surface area contributed by atoms with Crippen molar-refractivity contribution in [1.29, 1.82) is 0 Å². The number of aromatic amines is 2. The molecule has 2 aromatic carbocycles. The number of nitrogens with one attached hydrogen (secondary N) is 3. The zero-order chi connectivity index (χ0) is 16.8. The van der Waals surface area contributed by atoms with E-state index in [2.05, 4.69) is 20.5 Å². The molecule has 0 bridgehead atoms. The van der Waals surface area contributed by atoms with Gasteiger partial charge in [-0.2, -0.15) is 5.10 Å². The number of halogens is 2. The monoisotopic (exact) mass is 342 g/mol. The summed E-state index contributed by atoms with van der Waals surface area (Å²) in [6, 6.07) is 9.99. The highest BCUT2D eigenvalue weighted by atomic mass is 35.5. The maximum absolute atomic E-state index is 13.9. The van der Waals surface area contributed by atoms with Crippen molar-refractivity contribution >= 4 is 45.1 Å². The fourth-order valence-corrected chi connectivity index (χ4v) is 2.94. The molecular formula is C17H12ClFN4O. The summed E-state index contributed by atoms with van der Waals surface area (Å²) in [6.07, 6.45) is 0. The Balaban J connectivity index is 1.72. The van der Waals surface area contributed by atoms with Crippen LogP contribution in [0.2, 0.25) is 5.02 Å². The smallest absolute Gasteiger partial charge is 0.273 e. The second-order valence-corrected chi connectivity index (χ2v) is 5.93. The summed E-state index contributed by atoms with van der Waals surface area (Å²) in [5, 5.41) is 11.5. The van der Waals surface area contributed by atoms with E-state index in [0.717, 1.165) is 5.56 Å². The maximum atomic E-state index is 13.9. The number of hydrogen-bond acceptors (Lipinski definition) is 2. The second-order valence-electron chi connectivity index (χ2n) is 5.52. The third-order valence-corrected chi connectivity index (χ3v) is 4.30. The van der Waals surface area contributed by atoms with Crippen LogP contribution in [0, 0.1) is 12.7 Å². The van der Waals surface area contributed by atoms with Crippen molar-refractivity contribution in [3.8, 4) is 0 Å². The van der Waals surface area contributed by atoms with E-state index in [1.165, 1.54) is 6.07 Å². The summed E-state index contributed by atoms with van der Waals surface area (Å²) in [6.45, 7) is 1.86. The van der Waals surface area contributed by atoms with Gasteiger partial charge in [0, 0.05) is 10.8 Å². The van der Waals surface area contributed by atoms with E-state index in [1.54, 1.807) is 30.3 Å². The predicted molar refractivity (Wildman–Crippen MR) is 92.1 cm³/mol. The highest BCUT2D eigenvalue weighted by molar-refractivity contribution is 6.35. The van der Waals surface area contributed by atoms with Gasteiger partial charge >= 0.3 is 0 Å². The van der Waals surface area contributed by atoms with E-state index in [0.29, 0.717) is 32.6 Å². The first-order chi connectivity index (χ1) is 11.5. The Hall–Kier alpha value is -2.86. The number of carbonyl (C=O) groups is 1. The van der Waals surface area contributed by atoms with Crippen LogP contribution in [-0.2, 0) is 0 Å². The molecule has 1 amide bonds. The van der Waals surface area contributed by atoms with Gasteiger partial charge < -0.3 is 10.3 Å². The molecule has 0 fully saturated rings. The molecule has 3 N–H and O–H groups in total. The number of amides is 1. The van der Waals surface area contributed by atoms with Gasteiger partial charge in [-0.1, -0.05) is 23.7 Å². The maximum Gasteiger partial charge on any atom is 0.273 e. The molecule has 0 saturated carbocycles. The predicted octanol–water partition coefficient (Wildman–Crippen LogP) is 4.40. The number of hydrogen-bond donors (Lipinski definition) is 3. The number of benzene rings is 2. The molecule has 120 valence electrons. The number of H-pyrrole nitrogens is 2. The van der Waals surface area contributed by atoms with Gasteiger partial charge in [0.1, 0.15) is 11.5 Å². The topological polar surface area (TPSA) is 73.6 Å². The van der Waals surface area contributed by atoms with E-state index < -0.39 is 11.7 Å². The Bertz CT molecular complexity index is 1060. The van der Waals surface area contributed by atoms with Crippen molar-refractivity contribution in [3.05, 3.63) is 58.5 Å². The molecular weight excluding hydrogens is 331 g/mol. The van der Waals surface area contributed by atoms with E-state index in [4.69, 9.17) is 11.6 Å². The molecule has 0 radical (unpaired) electrons. The quantitative estimate of drug-likeness (QED) is 0.505. The summed E-state index contributed by atoms with van der Waals surface area (Å²) in [7, 11) is 0. The van der Waals surface area contributed by atoms with Gasteiger partial charge in [-0.3, -0.25) is 9.89 Å². The number of anilines is 1. The van der Waals surface area contributed by atoms with Gasteiger partial charge in [0.15, 0.2) is 5.82 Å². The molecule has 0 aliphatic carbocycles. The van der Waals surface area contributed by atoms with Gasteiger partial charge in [-0.15, -0.1) is 0 Å². The standard InChI is InChI=1S/C17H12ClFN4O/c1-8-5-6-12(19)15-10(8)7-13(20-15)17(24)21-16-9-3-2-4-11(18)14(9)22-23-16/h2-7,20H,1H3,(H2,21,22,23,24). The number of aromatic nitrogens is 3. The van der Waals surface area contributed by atoms with Crippen LogP contribution in [0.4, 0.5) is 10.2 Å². The van der Waals surface area contributed by atoms with E-state index >= 15 is 0 Å². The van der Waals surface area contributed by atoms with Gasteiger partial charge in [0.05, 0.1) is 16.1 Å². The zero-order valence-corrected chi connectivity index (χ0v) is 13.3. The Morgan fingerprint density at radius 2 is 2.04 bits per heavy atom. The van der Waals surface area contributed by atoms with Crippen molar-refractivity contribution in [2.24, 2.45) is 0 Å². The molecule has 5 nitrogen and oxygen atoms in total. The van der Waals surface area contributed by atoms with Crippen LogP contribution in [0.15, 0.2) is 36.4 Å². The van der Waals surface area contributed by atoms with Crippen LogP contribution in [0.5, 0.6) is 0 Å². The molecule has 0 aliphatic heterocycles. The van der Waals surface area contributed by atoms with Crippen LogP contribution < -0.4 is 5.32 Å². The van der Waals surface area contributed by atoms with E-state index in [-0.39, 0.29) is 5.69 Å². The Kier molecular flexibility index (Phi) is 3.28. The van der Waals surface area contributed by atoms with Gasteiger partial charge in [-0.05, 0) is 36.8 Å². The van der Waals surface area contributed by atoms with Crippen molar-refractivity contribution in [2.45, 2.75) is 6.92 Å². The molecule has 24 heavy (non-hydrogen) atoms. The lowest BCUT2D eigenvalue weighted by molar-refractivity contribution is 0.102. The largest absolute Gasteiger partial charge is 0.348 e. The number of aryl methyl sites for hydroxylation is 1. The van der Waals surface area contributed by atoms with E-state index in [9.17, 15) is 9.18 Å². The molecule has 0 spiro atoms. The number of carbonyl (C=O) groups excluding carboxylic acids is 1. The average molecular weight is 343 g/mol. The fraction of sp³-hybridized carbons (Fsp3) is 0.0588. The second kappa shape index (κ2) is 5.35. The molecule has 0 unspecified atom stereocenters. The van der Waals surface area contributed by atoms with Gasteiger partial charge in [0.2, 0.25) is 0 Å². The zero-order valence-electron chi connectivity index (χ0n) is 12.6. The first kappa shape index (κ1) is 14.7. The fourth-order valence-electron chi connectivity index (χ4n) is 2.72. The minimum absolute atomic E-state index is 0.261. The normalized spacial score (nSPS) is 11.3. The van der Waals surface area contributed by atoms with Crippen LogP contribution >= 0.6 is 11.6 Å². The van der Waals surface area contributed by atoms with Gasteiger partial charge in [0.25, 0.3) is 5.91 Å². The summed E-state index contributed by atoms with van der Waals surface area (Å²) in [5.41, 5.74) is 2.11. The highest BCUT2D eigenvalue weighted by Gasteiger charge is 2.16. The van der Waals surface area contributed by atoms with Crippen LogP contribution in [0.25, 0.3) is 21.8 Å². The Labute approximate surface area is 140 Å². The number of nitrogens with zero attached hydrogens (tertiary/aromatic N) is 1. The number of rotatable bonds is 2. The molecule has 7 heteroatoms. The summed E-state index contributed by atoms with van der Waals surface area (Å²) >= 11 is 6.08. The lowest BCUT2D eigenvalue weighted by atomic mass is 10.1. The number of para-hydroxylation sites is 1. The van der Waals surface area contributed by atoms with E-state index in [1.807, 2.05) is 6.92 Å². The minimum Gasteiger partial charge on any atom is -0.348 e. The Morgan fingerprint density at radius 1 is 1.21 bits per heavy atom. The Morgan fingerprint density at radius 3 is 2.83 bits per heavy atom. The van der Waals surface area contributed by atoms with Crippen molar-refractivity contribution in [3.63, 3.8) is 0 Å². The first-order valence-corrected chi connectivity index (χ1v) is 7.64. The third-order valence-electron chi connectivity index (χ3n) is 3.99. The SMILES string of the molecule is Cc1ccc(F)c2[nH]c(C(=O)Nc3n[nH]c4c(Cl)cccc34)cc12. The van der Waals surface area contributed by atoms with Crippen molar-refractivity contribution in [2.75, 3.05) is 5.32 Å². The van der Waals surface area contributed by atoms with Gasteiger partial charge in [-0.25, -0.2) is 4.39 Å². The third kappa shape index (κ3) is 2.23. The van der Waals surface area contributed by atoms with Crippen LogP contribution in [0.3, 0.4) is 0 Å². The summed E-state index contributed by atoms with van der Waals surface area (Å²) in [4.78, 5) is 15.3. The lowest BCUT2D eigenvalue weighted by Gasteiger charge is -2.00. The average Bonchev–Trinajstić information content (AvgIpc) is 3.18. The summed E-state index contributed by atoms with van der Waals surface area (Å²) in [5.74, 6) is -0.432. The highest BCUT2D eigenvalue weighted by Crippen LogP contribution is 2.27. The molecule has 2 heterocycles. The molecule has 4 rings (SSSR count). The molecule has 2 aromatic heterocycles. The van der Waals surface area contributed by atoms with Crippen molar-refractivity contribution < 1.29 is 9.18 Å². The van der Waals surface area contributed by atoms with Crippen LogP contribution in [-0.4, -0.2) is 21.1 Å². The molecule has 0 saturated heterocycles. The van der Waals surface area contributed by atoms with Crippen molar-refractivity contribution in [1.82, 2.24) is 15.2 Å². The van der Waals surface area contributed by atoms with Crippen LogP contribution in [0.1, 0.15) is 16.1 Å². The minimum atomic E-state index is -0.404. The molecule has 0 atom stereocenters. The first-order valence-electron chi connectivity index (χ1n) is 7.26. The molecule has 4 aromatic rings. The lowest BCUT2D eigenvalue weighted by Crippen LogP contribution is -2.12.